The van der Waals surface area contributed by atoms with Crippen LogP contribution in [0.1, 0.15) is 106 Å². The van der Waals surface area contributed by atoms with Crippen molar-refractivity contribution in [3.05, 3.63) is 46.6 Å². The smallest absolute Gasteiger partial charge is 0.222 e. The Labute approximate surface area is 212 Å². The third-order valence-electron chi connectivity index (χ3n) is 6.75. The van der Waals surface area contributed by atoms with Crippen LogP contribution in [0.4, 0.5) is 0 Å². The molecule has 34 heavy (non-hydrogen) atoms. The lowest BCUT2D eigenvalue weighted by molar-refractivity contribution is -0.132. The van der Waals surface area contributed by atoms with Gasteiger partial charge in [0.2, 0.25) is 5.91 Å². The van der Waals surface area contributed by atoms with Gasteiger partial charge in [-0.2, -0.15) is 0 Å². The minimum Gasteiger partial charge on any atom is -0.340 e. The first-order valence-electron chi connectivity index (χ1n) is 13.8. The number of hydrogen-bond acceptors (Lipinski definition) is 2. The molecule has 1 aliphatic rings. The molecule has 0 N–H and O–H groups in total. The van der Waals surface area contributed by atoms with Crippen molar-refractivity contribution in [1.82, 2.24) is 9.80 Å². The van der Waals surface area contributed by atoms with Gasteiger partial charge in [0, 0.05) is 32.6 Å². The number of carbonyl (C=O) groups is 1. The van der Waals surface area contributed by atoms with Crippen LogP contribution in [0, 0.1) is 5.92 Å². The fourth-order valence-electron chi connectivity index (χ4n) is 4.25. The summed E-state index contributed by atoms with van der Waals surface area (Å²) in [6.45, 7) is 20.6. The molecule has 0 aliphatic carbocycles. The summed E-state index contributed by atoms with van der Waals surface area (Å²) in [7, 11) is 0. The summed E-state index contributed by atoms with van der Waals surface area (Å²) in [5.74, 6) is 1.08. The summed E-state index contributed by atoms with van der Waals surface area (Å²) in [5, 5.41) is 0. The highest BCUT2D eigenvalue weighted by Gasteiger charge is 2.20. The van der Waals surface area contributed by atoms with Gasteiger partial charge < -0.3 is 4.90 Å². The van der Waals surface area contributed by atoms with Crippen LogP contribution in [0.15, 0.2) is 46.6 Å². The largest absolute Gasteiger partial charge is 0.340 e. The number of rotatable bonds is 15. The Morgan fingerprint density at radius 2 is 1.12 bits per heavy atom. The van der Waals surface area contributed by atoms with Crippen molar-refractivity contribution in [2.45, 2.75) is 106 Å². The summed E-state index contributed by atoms with van der Waals surface area (Å²) in [5.41, 5.74) is 5.81. The highest BCUT2D eigenvalue weighted by atomic mass is 16.2. The number of piperazine rings is 1. The lowest BCUT2D eigenvalue weighted by Crippen LogP contribution is -2.48. The fraction of sp³-hybridized carbons (Fsp3) is 0.710. The van der Waals surface area contributed by atoms with E-state index in [1.807, 2.05) is 0 Å². The molecule has 1 heterocycles. The standard InChI is InChI=1S/C31H54N2O/c1-26(2)12-8-13-28(5)14-9-15-29(6)16-10-17-30(7)18-11-19-31(34)33-24-22-32(23-25-33)21-20-27(3)4/h12,14,16,18,27H,8-11,13,15,17,19-25H2,1-7H3/b28-14+,29-16+,30-18+. The van der Waals surface area contributed by atoms with E-state index in [4.69, 9.17) is 0 Å². The second kappa shape index (κ2) is 17.8. The van der Waals surface area contributed by atoms with E-state index in [0.29, 0.717) is 12.3 Å². The molecule has 0 saturated carbocycles. The van der Waals surface area contributed by atoms with Crippen LogP contribution < -0.4 is 0 Å². The molecule has 1 rings (SSSR count). The van der Waals surface area contributed by atoms with Crippen molar-refractivity contribution < 1.29 is 4.79 Å². The van der Waals surface area contributed by atoms with Crippen LogP contribution in [0.3, 0.4) is 0 Å². The maximum atomic E-state index is 12.6. The van der Waals surface area contributed by atoms with Gasteiger partial charge >= 0.3 is 0 Å². The highest BCUT2D eigenvalue weighted by molar-refractivity contribution is 5.76. The van der Waals surface area contributed by atoms with Gasteiger partial charge in [0.05, 0.1) is 0 Å². The lowest BCUT2D eigenvalue weighted by Gasteiger charge is -2.35. The Morgan fingerprint density at radius 1 is 0.676 bits per heavy atom. The van der Waals surface area contributed by atoms with Gasteiger partial charge in [-0.15, -0.1) is 0 Å². The first kappa shape index (κ1) is 30.4. The third kappa shape index (κ3) is 15.3. The van der Waals surface area contributed by atoms with Gasteiger partial charge in [-0.3, -0.25) is 9.69 Å². The van der Waals surface area contributed by atoms with Crippen molar-refractivity contribution in [3.8, 4) is 0 Å². The van der Waals surface area contributed by atoms with Gasteiger partial charge in [-0.1, -0.05) is 60.4 Å². The van der Waals surface area contributed by atoms with E-state index in [0.717, 1.165) is 70.6 Å². The highest BCUT2D eigenvalue weighted by Crippen LogP contribution is 2.14. The summed E-state index contributed by atoms with van der Waals surface area (Å²) >= 11 is 0. The van der Waals surface area contributed by atoms with Crippen molar-refractivity contribution in [1.29, 1.82) is 0 Å². The summed E-state index contributed by atoms with van der Waals surface area (Å²) in [6.07, 6.45) is 19.0. The molecule has 0 radical (unpaired) electrons. The summed E-state index contributed by atoms with van der Waals surface area (Å²) in [6, 6.07) is 0. The second-order valence-electron chi connectivity index (χ2n) is 11.0. The van der Waals surface area contributed by atoms with Crippen LogP contribution in [0.25, 0.3) is 0 Å². The molecule has 1 fully saturated rings. The van der Waals surface area contributed by atoms with E-state index >= 15 is 0 Å². The molecule has 1 amide bonds. The average molecular weight is 471 g/mol. The predicted octanol–water partition coefficient (Wildman–Crippen LogP) is 8.10. The van der Waals surface area contributed by atoms with Crippen LogP contribution in [-0.2, 0) is 4.79 Å². The Morgan fingerprint density at radius 3 is 1.56 bits per heavy atom. The zero-order valence-corrected chi connectivity index (χ0v) is 23.6. The Kier molecular flexibility index (Phi) is 15.9. The minimum atomic E-state index is 0.326. The molecule has 0 unspecified atom stereocenters. The van der Waals surface area contributed by atoms with Gasteiger partial charge in [0.15, 0.2) is 0 Å². The van der Waals surface area contributed by atoms with E-state index < -0.39 is 0 Å². The van der Waals surface area contributed by atoms with Gasteiger partial charge in [-0.25, -0.2) is 0 Å². The topological polar surface area (TPSA) is 23.6 Å². The molecule has 1 aliphatic heterocycles. The molecule has 3 nitrogen and oxygen atoms in total. The van der Waals surface area contributed by atoms with E-state index in [2.05, 4.69) is 82.6 Å². The van der Waals surface area contributed by atoms with Crippen molar-refractivity contribution >= 4 is 5.91 Å². The van der Waals surface area contributed by atoms with Crippen molar-refractivity contribution in [3.63, 3.8) is 0 Å². The minimum absolute atomic E-state index is 0.326. The van der Waals surface area contributed by atoms with Crippen molar-refractivity contribution in [2.75, 3.05) is 32.7 Å². The number of amides is 1. The second-order valence-corrected chi connectivity index (χ2v) is 11.0. The third-order valence-corrected chi connectivity index (χ3v) is 6.75. The zero-order chi connectivity index (χ0) is 25.3. The maximum absolute atomic E-state index is 12.6. The molecule has 0 aromatic carbocycles. The normalized spacial score (nSPS) is 16.4. The molecule has 194 valence electrons. The SMILES string of the molecule is CC(C)=CCC/C(C)=C/CC/C(C)=C/CC/C(C)=C/CCC(=O)N1CCN(CCC(C)C)CC1. The monoisotopic (exact) mass is 470 g/mol. The Balaban J connectivity index is 2.20. The molecular weight excluding hydrogens is 416 g/mol. The summed E-state index contributed by atoms with van der Waals surface area (Å²) < 4.78 is 0. The molecule has 0 atom stereocenters. The molecular formula is C31H54N2O. The average Bonchev–Trinajstić information content (AvgIpc) is 2.77. The van der Waals surface area contributed by atoms with Crippen LogP contribution in [-0.4, -0.2) is 48.4 Å². The first-order chi connectivity index (χ1) is 16.2. The molecule has 0 bridgehead atoms. The zero-order valence-electron chi connectivity index (χ0n) is 23.6. The molecule has 0 spiro atoms. The van der Waals surface area contributed by atoms with E-state index in [1.165, 1.54) is 41.7 Å². The number of nitrogens with zero attached hydrogens (tertiary/aromatic N) is 2. The van der Waals surface area contributed by atoms with Crippen molar-refractivity contribution in [2.24, 2.45) is 5.92 Å². The van der Waals surface area contributed by atoms with E-state index in [1.54, 1.807) is 0 Å². The van der Waals surface area contributed by atoms with E-state index in [-0.39, 0.29) is 0 Å². The maximum Gasteiger partial charge on any atom is 0.222 e. The molecule has 1 saturated heterocycles. The van der Waals surface area contributed by atoms with Gasteiger partial charge in [0.1, 0.15) is 0 Å². The van der Waals surface area contributed by atoms with Gasteiger partial charge in [-0.05, 0) is 98.4 Å². The number of hydrogen-bond donors (Lipinski definition) is 0. The quantitative estimate of drug-likeness (QED) is 0.226. The molecule has 0 aromatic heterocycles. The number of allylic oxidation sites excluding steroid dienone is 8. The molecule has 3 heteroatoms. The Hall–Kier alpha value is -1.61. The number of carbonyl (C=O) groups excluding carboxylic acids is 1. The summed E-state index contributed by atoms with van der Waals surface area (Å²) in [4.78, 5) is 17.1. The lowest BCUT2D eigenvalue weighted by atomic mass is 10.0. The Bertz CT molecular complexity index is 699. The first-order valence-corrected chi connectivity index (χ1v) is 13.8. The van der Waals surface area contributed by atoms with Crippen LogP contribution in [0.2, 0.25) is 0 Å². The predicted molar refractivity (Wildman–Crippen MR) is 150 cm³/mol. The fourth-order valence-corrected chi connectivity index (χ4v) is 4.25. The van der Waals surface area contributed by atoms with Crippen LogP contribution in [0.5, 0.6) is 0 Å². The van der Waals surface area contributed by atoms with Crippen LogP contribution >= 0.6 is 0 Å². The van der Waals surface area contributed by atoms with Gasteiger partial charge in [0.25, 0.3) is 0 Å². The molecule has 0 aromatic rings. The van der Waals surface area contributed by atoms with E-state index in [9.17, 15) is 4.79 Å².